The second-order valence-electron chi connectivity index (χ2n) is 4.28. The molecule has 3 heteroatoms. The molecule has 1 heterocycles. The Morgan fingerprint density at radius 3 is 2.75 bits per heavy atom. The molecule has 1 aliphatic heterocycles. The molecule has 3 nitrogen and oxygen atoms in total. The van der Waals surface area contributed by atoms with Gasteiger partial charge in [-0.15, -0.1) is 0 Å². The second-order valence-corrected chi connectivity index (χ2v) is 4.28. The Morgan fingerprint density at radius 2 is 2.12 bits per heavy atom. The number of hydrogen-bond donors (Lipinski definition) is 1. The van der Waals surface area contributed by atoms with Gasteiger partial charge in [-0.1, -0.05) is 6.07 Å². The minimum Gasteiger partial charge on any atom is -0.314 e. The molecule has 0 radical (unpaired) electrons. The normalized spacial score (nSPS) is 17.0. The highest BCUT2D eigenvalue weighted by Gasteiger charge is 2.10. The van der Waals surface area contributed by atoms with Crippen molar-refractivity contribution in [3.8, 4) is 6.07 Å². The first-order chi connectivity index (χ1) is 7.79. The van der Waals surface area contributed by atoms with Gasteiger partial charge >= 0.3 is 0 Å². The summed E-state index contributed by atoms with van der Waals surface area (Å²) in [5, 5.41) is 12.2. The van der Waals surface area contributed by atoms with Gasteiger partial charge in [0.1, 0.15) is 0 Å². The monoisotopic (exact) mass is 215 g/mol. The molecule has 0 unspecified atom stereocenters. The summed E-state index contributed by atoms with van der Waals surface area (Å²) in [6.07, 6.45) is 0. The molecule has 1 aliphatic rings. The molecule has 0 atom stereocenters. The maximum absolute atomic E-state index is 8.81. The molecular weight excluding hydrogens is 198 g/mol. The molecule has 2 rings (SSSR count). The van der Waals surface area contributed by atoms with Gasteiger partial charge in [0.25, 0.3) is 0 Å². The number of piperazine rings is 1. The lowest BCUT2D eigenvalue weighted by atomic mass is 10.0. The Bertz CT molecular complexity index is 400. The van der Waals surface area contributed by atoms with Gasteiger partial charge in [0.15, 0.2) is 0 Å². The van der Waals surface area contributed by atoms with E-state index in [1.807, 2.05) is 12.1 Å². The second kappa shape index (κ2) is 5.11. The first-order valence-electron chi connectivity index (χ1n) is 5.72. The van der Waals surface area contributed by atoms with Crippen LogP contribution < -0.4 is 5.32 Å². The minimum atomic E-state index is 0.751. The molecule has 1 aromatic carbocycles. The van der Waals surface area contributed by atoms with Crippen molar-refractivity contribution >= 4 is 0 Å². The van der Waals surface area contributed by atoms with Gasteiger partial charge in [-0.05, 0) is 30.2 Å². The molecule has 1 fully saturated rings. The zero-order valence-corrected chi connectivity index (χ0v) is 9.66. The van der Waals surface area contributed by atoms with E-state index < -0.39 is 0 Å². The summed E-state index contributed by atoms with van der Waals surface area (Å²) in [4.78, 5) is 2.45. The average Bonchev–Trinajstić information content (AvgIpc) is 2.33. The van der Waals surface area contributed by atoms with Crippen LogP contribution in [0.5, 0.6) is 0 Å². The van der Waals surface area contributed by atoms with Crippen LogP contribution in [0.25, 0.3) is 0 Å². The van der Waals surface area contributed by atoms with Crippen LogP contribution in [-0.4, -0.2) is 31.1 Å². The highest BCUT2D eigenvalue weighted by molar-refractivity contribution is 5.37. The molecule has 0 aliphatic carbocycles. The van der Waals surface area contributed by atoms with Gasteiger partial charge < -0.3 is 5.32 Å². The smallest absolute Gasteiger partial charge is 0.0991 e. The van der Waals surface area contributed by atoms with Crippen LogP contribution in [0.1, 0.15) is 16.7 Å². The van der Waals surface area contributed by atoms with E-state index in [9.17, 15) is 0 Å². The van der Waals surface area contributed by atoms with Crippen molar-refractivity contribution in [2.45, 2.75) is 13.5 Å². The fraction of sp³-hybridized carbons (Fsp3) is 0.462. The lowest BCUT2D eigenvalue weighted by Gasteiger charge is -2.27. The summed E-state index contributed by atoms with van der Waals surface area (Å²) in [5.41, 5.74) is 3.31. The van der Waals surface area contributed by atoms with Crippen LogP contribution in [0.4, 0.5) is 0 Å². The number of benzene rings is 1. The maximum atomic E-state index is 8.81. The molecule has 0 bridgehead atoms. The Kier molecular flexibility index (Phi) is 3.55. The predicted octanol–water partition coefficient (Wildman–Crippen LogP) is 1.27. The van der Waals surface area contributed by atoms with Crippen molar-refractivity contribution in [3.05, 3.63) is 34.9 Å². The zero-order chi connectivity index (χ0) is 11.4. The molecule has 16 heavy (non-hydrogen) atoms. The number of nitrogens with one attached hydrogen (secondary N) is 1. The van der Waals surface area contributed by atoms with E-state index in [1.54, 1.807) is 0 Å². The Balaban J connectivity index is 2.06. The van der Waals surface area contributed by atoms with Crippen molar-refractivity contribution in [2.24, 2.45) is 0 Å². The van der Waals surface area contributed by atoms with E-state index >= 15 is 0 Å². The van der Waals surface area contributed by atoms with Crippen molar-refractivity contribution in [3.63, 3.8) is 0 Å². The zero-order valence-electron chi connectivity index (χ0n) is 9.66. The molecule has 1 saturated heterocycles. The fourth-order valence-corrected chi connectivity index (χ4v) is 2.05. The Morgan fingerprint density at radius 1 is 1.38 bits per heavy atom. The van der Waals surface area contributed by atoms with Crippen LogP contribution in [-0.2, 0) is 6.54 Å². The molecule has 1 aromatic rings. The van der Waals surface area contributed by atoms with Crippen LogP contribution in [0.15, 0.2) is 18.2 Å². The van der Waals surface area contributed by atoms with Crippen molar-refractivity contribution in [1.82, 2.24) is 10.2 Å². The maximum Gasteiger partial charge on any atom is 0.0991 e. The third-order valence-corrected chi connectivity index (χ3v) is 3.08. The summed E-state index contributed by atoms with van der Waals surface area (Å²) in [5.74, 6) is 0. The van der Waals surface area contributed by atoms with Gasteiger partial charge in [-0.2, -0.15) is 5.26 Å². The summed E-state index contributed by atoms with van der Waals surface area (Å²) < 4.78 is 0. The van der Waals surface area contributed by atoms with E-state index in [-0.39, 0.29) is 0 Å². The topological polar surface area (TPSA) is 39.1 Å². The van der Waals surface area contributed by atoms with Crippen molar-refractivity contribution in [1.29, 1.82) is 5.26 Å². The van der Waals surface area contributed by atoms with E-state index in [2.05, 4.69) is 29.3 Å². The molecule has 0 saturated carbocycles. The largest absolute Gasteiger partial charge is 0.314 e. The van der Waals surface area contributed by atoms with Gasteiger partial charge in [-0.3, -0.25) is 4.90 Å². The summed E-state index contributed by atoms with van der Waals surface area (Å²) >= 11 is 0. The molecular formula is C13H17N3. The first kappa shape index (κ1) is 11.1. The van der Waals surface area contributed by atoms with E-state index in [4.69, 9.17) is 5.26 Å². The summed E-state index contributed by atoms with van der Waals surface area (Å²) in [6.45, 7) is 7.46. The SMILES string of the molecule is Cc1cc(C#N)ccc1CN1CCNCC1. The average molecular weight is 215 g/mol. The number of nitriles is 1. The molecule has 1 N–H and O–H groups in total. The van der Waals surface area contributed by atoms with Crippen LogP contribution in [0.2, 0.25) is 0 Å². The van der Waals surface area contributed by atoms with E-state index in [0.29, 0.717) is 0 Å². The Hall–Kier alpha value is -1.37. The van der Waals surface area contributed by atoms with E-state index in [1.165, 1.54) is 11.1 Å². The quantitative estimate of drug-likeness (QED) is 0.807. The highest BCUT2D eigenvalue weighted by Crippen LogP contribution is 2.13. The van der Waals surface area contributed by atoms with Gasteiger partial charge in [0, 0.05) is 32.7 Å². The third kappa shape index (κ3) is 2.60. The van der Waals surface area contributed by atoms with Gasteiger partial charge in [-0.25, -0.2) is 0 Å². The lowest BCUT2D eigenvalue weighted by Crippen LogP contribution is -2.42. The fourth-order valence-electron chi connectivity index (χ4n) is 2.05. The predicted molar refractivity (Wildman–Crippen MR) is 64.0 cm³/mol. The van der Waals surface area contributed by atoms with Crippen molar-refractivity contribution in [2.75, 3.05) is 26.2 Å². The number of nitrogens with zero attached hydrogens (tertiary/aromatic N) is 2. The number of aryl methyl sites for hydroxylation is 1. The first-order valence-corrected chi connectivity index (χ1v) is 5.72. The van der Waals surface area contributed by atoms with Crippen LogP contribution >= 0.6 is 0 Å². The lowest BCUT2D eigenvalue weighted by molar-refractivity contribution is 0.233. The highest BCUT2D eigenvalue weighted by atomic mass is 15.2. The molecule has 0 aromatic heterocycles. The minimum absolute atomic E-state index is 0.751. The number of rotatable bonds is 2. The molecule has 0 amide bonds. The molecule has 0 spiro atoms. The summed E-state index contributed by atoms with van der Waals surface area (Å²) in [7, 11) is 0. The summed E-state index contributed by atoms with van der Waals surface area (Å²) in [6, 6.07) is 8.13. The van der Waals surface area contributed by atoms with Crippen LogP contribution in [0, 0.1) is 18.3 Å². The van der Waals surface area contributed by atoms with Gasteiger partial charge in [0.05, 0.1) is 11.6 Å². The van der Waals surface area contributed by atoms with E-state index in [0.717, 1.165) is 38.3 Å². The van der Waals surface area contributed by atoms with Crippen molar-refractivity contribution < 1.29 is 0 Å². The third-order valence-electron chi connectivity index (χ3n) is 3.08. The van der Waals surface area contributed by atoms with Gasteiger partial charge in [0.2, 0.25) is 0 Å². The van der Waals surface area contributed by atoms with Crippen LogP contribution in [0.3, 0.4) is 0 Å². The number of hydrogen-bond acceptors (Lipinski definition) is 3. The molecule has 84 valence electrons. The standard InChI is InChI=1S/C13H17N3/c1-11-8-12(9-14)2-3-13(11)10-16-6-4-15-5-7-16/h2-3,8,15H,4-7,10H2,1H3. The Labute approximate surface area is 96.7 Å².